The molecule has 16 heavy (non-hydrogen) atoms. The number of amides is 1. The average molecular weight is 230 g/mol. The van der Waals surface area contributed by atoms with Gasteiger partial charge in [-0.05, 0) is 39.5 Å². The van der Waals surface area contributed by atoms with E-state index in [-0.39, 0.29) is 6.04 Å². The molecule has 0 aliphatic heterocycles. The van der Waals surface area contributed by atoms with E-state index in [4.69, 9.17) is 9.47 Å². The van der Waals surface area contributed by atoms with E-state index in [9.17, 15) is 4.79 Å². The van der Waals surface area contributed by atoms with Crippen molar-refractivity contribution >= 4 is 6.09 Å². The molecule has 1 unspecified atom stereocenters. The molecule has 0 heterocycles. The highest BCUT2D eigenvalue weighted by molar-refractivity contribution is 5.67. The molecule has 1 atom stereocenters. The van der Waals surface area contributed by atoms with Gasteiger partial charge in [0.25, 0.3) is 0 Å². The second-order valence-corrected chi connectivity index (χ2v) is 5.17. The van der Waals surface area contributed by atoms with E-state index in [0.29, 0.717) is 12.5 Å². The van der Waals surface area contributed by atoms with Crippen LogP contribution < -0.4 is 10.9 Å². The Morgan fingerprint density at radius 2 is 2.06 bits per heavy atom. The highest BCUT2D eigenvalue weighted by Gasteiger charge is 2.31. The third-order valence-corrected chi connectivity index (χ3v) is 2.30. The molecule has 1 fully saturated rings. The summed E-state index contributed by atoms with van der Waals surface area (Å²) >= 11 is 0. The smallest absolute Gasteiger partial charge is 0.422 e. The molecule has 1 rings (SSSR count). The molecule has 0 spiro atoms. The molecule has 1 aliphatic rings. The molecule has 5 nitrogen and oxygen atoms in total. The van der Waals surface area contributed by atoms with Crippen molar-refractivity contribution in [2.24, 2.45) is 5.92 Å². The fourth-order valence-corrected chi connectivity index (χ4v) is 1.43. The summed E-state index contributed by atoms with van der Waals surface area (Å²) in [6, 6.07) is 0.178. The van der Waals surface area contributed by atoms with Crippen molar-refractivity contribution < 1.29 is 14.3 Å². The SMILES string of the molecule is COCC(NNC(=O)OC(C)(C)C)C1CC1. The van der Waals surface area contributed by atoms with Crippen molar-refractivity contribution in [2.75, 3.05) is 13.7 Å². The lowest BCUT2D eigenvalue weighted by molar-refractivity contribution is 0.0466. The Kier molecular flexibility index (Phi) is 4.56. The molecule has 2 N–H and O–H groups in total. The lowest BCUT2D eigenvalue weighted by Crippen LogP contribution is -2.49. The van der Waals surface area contributed by atoms with Gasteiger partial charge in [-0.2, -0.15) is 0 Å². The molecule has 1 amide bonds. The first kappa shape index (κ1) is 13.3. The van der Waals surface area contributed by atoms with E-state index >= 15 is 0 Å². The van der Waals surface area contributed by atoms with Gasteiger partial charge in [-0.25, -0.2) is 10.2 Å². The van der Waals surface area contributed by atoms with Gasteiger partial charge in [0.15, 0.2) is 0 Å². The molecule has 1 aliphatic carbocycles. The lowest BCUT2D eigenvalue weighted by atomic mass is 10.2. The van der Waals surface area contributed by atoms with E-state index in [2.05, 4.69) is 10.9 Å². The monoisotopic (exact) mass is 230 g/mol. The largest absolute Gasteiger partial charge is 0.443 e. The number of ether oxygens (including phenoxy) is 2. The van der Waals surface area contributed by atoms with Gasteiger partial charge in [-0.3, -0.25) is 5.43 Å². The van der Waals surface area contributed by atoms with Crippen molar-refractivity contribution in [1.82, 2.24) is 10.9 Å². The summed E-state index contributed by atoms with van der Waals surface area (Å²) in [6.07, 6.45) is 1.93. The standard InChI is InChI=1S/C11H22N2O3/c1-11(2,3)16-10(14)13-12-9(7-15-4)8-5-6-8/h8-9,12H,5-7H2,1-4H3,(H,13,14). The molecular weight excluding hydrogens is 208 g/mol. The Bertz CT molecular complexity index is 234. The second kappa shape index (κ2) is 5.50. The highest BCUT2D eigenvalue weighted by atomic mass is 16.6. The molecule has 5 heteroatoms. The maximum Gasteiger partial charge on any atom is 0.422 e. The van der Waals surface area contributed by atoms with Crippen LogP contribution >= 0.6 is 0 Å². The Hall–Kier alpha value is -0.810. The summed E-state index contributed by atoms with van der Waals surface area (Å²) < 4.78 is 10.2. The highest BCUT2D eigenvalue weighted by Crippen LogP contribution is 2.32. The van der Waals surface area contributed by atoms with Gasteiger partial charge in [0.2, 0.25) is 0 Å². The van der Waals surface area contributed by atoms with Crippen LogP contribution in [0.3, 0.4) is 0 Å². The fourth-order valence-electron chi connectivity index (χ4n) is 1.43. The van der Waals surface area contributed by atoms with Crippen LogP contribution in [-0.2, 0) is 9.47 Å². The van der Waals surface area contributed by atoms with Gasteiger partial charge < -0.3 is 9.47 Å². The zero-order chi connectivity index (χ0) is 12.2. The molecule has 0 bridgehead atoms. The van der Waals surface area contributed by atoms with Gasteiger partial charge in [-0.15, -0.1) is 0 Å². The minimum absolute atomic E-state index is 0.178. The number of carbonyl (C=O) groups is 1. The topological polar surface area (TPSA) is 59.6 Å². The number of methoxy groups -OCH3 is 1. The van der Waals surface area contributed by atoms with E-state index in [1.165, 1.54) is 12.8 Å². The Morgan fingerprint density at radius 3 is 2.50 bits per heavy atom. The van der Waals surface area contributed by atoms with Crippen molar-refractivity contribution in [3.8, 4) is 0 Å². The summed E-state index contributed by atoms with van der Waals surface area (Å²) in [5.41, 5.74) is 5.04. The quantitative estimate of drug-likeness (QED) is 0.702. The number of nitrogens with one attached hydrogen (secondary N) is 2. The van der Waals surface area contributed by atoms with Crippen LogP contribution in [0.25, 0.3) is 0 Å². The van der Waals surface area contributed by atoms with Gasteiger partial charge in [0.05, 0.1) is 12.6 Å². The van der Waals surface area contributed by atoms with Crippen LogP contribution in [0.15, 0.2) is 0 Å². The fraction of sp³-hybridized carbons (Fsp3) is 0.909. The van der Waals surface area contributed by atoms with Crippen LogP contribution in [0.4, 0.5) is 4.79 Å². The first-order valence-corrected chi connectivity index (χ1v) is 5.66. The zero-order valence-corrected chi connectivity index (χ0v) is 10.5. The van der Waals surface area contributed by atoms with Crippen LogP contribution in [0.1, 0.15) is 33.6 Å². The summed E-state index contributed by atoms with van der Waals surface area (Å²) in [7, 11) is 1.66. The number of hydrogen-bond donors (Lipinski definition) is 2. The third-order valence-electron chi connectivity index (χ3n) is 2.30. The first-order chi connectivity index (χ1) is 7.42. The van der Waals surface area contributed by atoms with Crippen molar-refractivity contribution in [3.05, 3.63) is 0 Å². The number of hydrogen-bond acceptors (Lipinski definition) is 4. The minimum atomic E-state index is -0.470. The van der Waals surface area contributed by atoms with E-state index in [0.717, 1.165) is 0 Å². The molecular formula is C11H22N2O3. The lowest BCUT2D eigenvalue weighted by Gasteiger charge is -2.22. The van der Waals surface area contributed by atoms with Gasteiger partial charge >= 0.3 is 6.09 Å². The van der Waals surface area contributed by atoms with Crippen LogP contribution in [0.5, 0.6) is 0 Å². The summed E-state index contributed by atoms with van der Waals surface area (Å²) in [4.78, 5) is 11.4. The normalized spacial score (nSPS) is 18.0. The average Bonchev–Trinajstić information content (AvgIpc) is 2.92. The van der Waals surface area contributed by atoms with Crippen LogP contribution in [-0.4, -0.2) is 31.5 Å². The predicted octanol–water partition coefficient (Wildman–Crippen LogP) is 1.44. The maximum absolute atomic E-state index is 11.4. The van der Waals surface area contributed by atoms with E-state index in [1.54, 1.807) is 7.11 Å². The molecule has 0 aromatic rings. The zero-order valence-electron chi connectivity index (χ0n) is 10.5. The molecule has 0 aromatic heterocycles. The minimum Gasteiger partial charge on any atom is -0.443 e. The van der Waals surface area contributed by atoms with Crippen LogP contribution in [0.2, 0.25) is 0 Å². The van der Waals surface area contributed by atoms with Crippen molar-refractivity contribution in [3.63, 3.8) is 0 Å². The molecule has 0 radical (unpaired) electrons. The summed E-state index contributed by atoms with van der Waals surface area (Å²) in [5.74, 6) is 0.606. The molecule has 0 saturated heterocycles. The molecule has 0 aromatic carbocycles. The van der Waals surface area contributed by atoms with Crippen molar-refractivity contribution in [1.29, 1.82) is 0 Å². The maximum atomic E-state index is 11.4. The van der Waals surface area contributed by atoms with Gasteiger partial charge in [0, 0.05) is 7.11 Å². The molecule has 94 valence electrons. The van der Waals surface area contributed by atoms with Crippen LogP contribution in [0, 0.1) is 5.92 Å². The predicted molar refractivity (Wildman–Crippen MR) is 60.9 cm³/mol. The second-order valence-electron chi connectivity index (χ2n) is 5.17. The van der Waals surface area contributed by atoms with Gasteiger partial charge in [-0.1, -0.05) is 0 Å². The number of carbonyl (C=O) groups excluding carboxylic acids is 1. The first-order valence-electron chi connectivity index (χ1n) is 5.66. The Labute approximate surface area is 96.8 Å². The number of hydrazine groups is 1. The summed E-state index contributed by atoms with van der Waals surface area (Å²) in [5, 5.41) is 0. The van der Waals surface area contributed by atoms with E-state index in [1.807, 2.05) is 20.8 Å². The Morgan fingerprint density at radius 1 is 1.44 bits per heavy atom. The van der Waals surface area contributed by atoms with Gasteiger partial charge in [0.1, 0.15) is 5.60 Å². The summed E-state index contributed by atoms with van der Waals surface area (Å²) in [6.45, 7) is 6.10. The molecule has 1 saturated carbocycles. The van der Waals surface area contributed by atoms with E-state index < -0.39 is 11.7 Å². The van der Waals surface area contributed by atoms with Crippen molar-refractivity contribution in [2.45, 2.75) is 45.3 Å². The third kappa shape index (κ3) is 5.32. The number of rotatable bonds is 5. The Balaban J connectivity index is 2.23.